The van der Waals surface area contributed by atoms with Crippen molar-refractivity contribution in [3.05, 3.63) is 66.0 Å². The van der Waals surface area contributed by atoms with Crippen LogP contribution >= 0.6 is 11.8 Å². The average molecular weight is 445 g/mol. The minimum atomic E-state index is -3.56. The van der Waals surface area contributed by atoms with Gasteiger partial charge in [0.15, 0.2) is 5.16 Å². The van der Waals surface area contributed by atoms with Gasteiger partial charge in [0.05, 0.1) is 16.3 Å². The number of carbonyl (C=O) groups is 1. The van der Waals surface area contributed by atoms with Crippen LogP contribution in [-0.2, 0) is 14.8 Å². The highest BCUT2D eigenvalue weighted by atomic mass is 32.2. The third-order valence-electron chi connectivity index (χ3n) is 4.46. The van der Waals surface area contributed by atoms with Crippen LogP contribution in [0.2, 0.25) is 0 Å². The van der Waals surface area contributed by atoms with E-state index in [0.717, 1.165) is 21.1 Å². The van der Waals surface area contributed by atoms with Crippen molar-refractivity contribution >= 4 is 33.4 Å². The quantitative estimate of drug-likeness (QED) is 0.564. The Bertz CT molecular complexity index is 1170. The number of nitrogens with one attached hydrogen (secondary N) is 1. The van der Waals surface area contributed by atoms with E-state index in [2.05, 4.69) is 28.5 Å². The standard InChI is InChI=1S/C21H24N4O3S2/c1-15-8-9-16(2)19(12-15)25-11-10-22-21(25)29-14-20(26)23-17-6-5-7-18(13-17)30(27,28)24(3)4/h5-13H,14H2,1-4H3,(H,23,26). The van der Waals surface area contributed by atoms with E-state index >= 15 is 0 Å². The van der Waals surface area contributed by atoms with Crippen molar-refractivity contribution in [2.75, 3.05) is 25.2 Å². The van der Waals surface area contributed by atoms with Crippen LogP contribution in [0.1, 0.15) is 11.1 Å². The van der Waals surface area contributed by atoms with E-state index in [-0.39, 0.29) is 16.6 Å². The zero-order chi connectivity index (χ0) is 21.9. The second kappa shape index (κ2) is 9.03. The van der Waals surface area contributed by atoms with Gasteiger partial charge in [-0.15, -0.1) is 0 Å². The van der Waals surface area contributed by atoms with Gasteiger partial charge < -0.3 is 5.32 Å². The van der Waals surface area contributed by atoms with Crippen LogP contribution in [0, 0.1) is 13.8 Å². The average Bonchev–Trinajstić information content (AvgIpc) is 3.16. The van der Waals surface area contributed by atoms with Crippen molar-refractivity contribution in [2.24, 2.45) is 0 Å². The van der Waals surface area contributed by atoms with Gasteiger partial charge in [-0.3, -0.25) is 9.36 Å². The van der Waals surface area contributed by atoms with Crippen molar-refractivity contribution in [3.63, 3.8) is 0 Å². The van der Waals surface area contributed by atoms with Crippen molar-refractivity contribution < 1.29 is 13.2 Å². The summed E-state index contributed by atoms with van der Waals surface area (Å²) < 4.78 is 27.6. The Balaban J connectivity index is 1.70. The van der Waals surface area contributed by atoms with Crippen molar-refractivity contribution in [1.82, 2.24) is 13.9 Å². The summed E-state index contributed by atoms with van der Waals surface area (Å²) in [5, 5.41) is 3.47. The van der Waals surface area contributed by atoms with Crippen LogP contribution < -0.4 is 5.32 Å². The van der Waals surface area contributed by atoms with E-state index in [9.17, 15) is 13.2 Å². The van der Waals surface area contributed by atoms with Crippen molar-refractivity contribution in [2.45, 2.75) is 23.9 Å². The number of amides is 1. The Morgan fingerprint density at radius 3 is 2.67 bits per heavy atom. The van der Waals surface area contributed by atoms with E-state index in [1.54, 1.807) is 18.3 Å². The molecule has 0 unspecified atom stereocenters. The molecule has 1 N–H and O–H groups in total. The minimum absolute atomic E-state index is 0.128. The fraction of sp³-hybridized carbons (Fsp3) is 0.238. The first-order valence-electron chi connectivity index (χ1n) is 9.24. The Hall–Kier alpha value is -2.62. The molecule has 0 fully saturated rings. The molecule has 0 aliphatic heterocycles. The third kappa shape index (κ3) is 4.92. The zero-order valence-corrected chi connectivity index (χ0v) is 18.9. The number of rotatable bonds is 7. The summed E-state index contributed by atoms with van der Waals surface area (Å²) in [6.45, 7) is 4.06. The van der Waals surface area contributed by atoms with Gasteiger partial charge >= 0.3 is 0 Å². The molecular formula is C21H24N4O3S2. The number of nitrogens with zero attached hydrogens (tertiary/aromatic N) is 3. The summed E-state index contributed by atoms with van der Waals surface area (Å²) in [7, 11) is -0.628. The van der Waals surface area contributed by atoms with E-state index in [1.165, 1.54) is 38.0 Å². The Morgan fingerprint density at radius 2 is 1.93 bits per heavy atom. The third-order valence-corrected chi connectivity index (χ3v) is 7.24. The van der Waals surface area contributed by atoms with Crippen LogP contribution in [-0.4, -0.2) is 48.0 Å². The van der Waals surface area contributed by atoms with Crippen LogP contribution in [0.4, 0.5) is 5.69 Å². The Kier molecular flexibility index (Phi) is 6.64. The molecule has 3 rings (SSSR count). The number of imidazole rings is 1. The number of sulfonamides is 1. The summed E-state index contributed by atoms with van der Waals surface area (Å²) in [5.74, 6) is -0.0954. The van der Waals surface area contributed by atoms with E-state index in [4.69, 9.17) is 0 Å². The molecule has 158 valence electrons. The first kappa shape index (κ1) is 22.1. The van der Waals surface area contributed by atoms with Crippen LogP contribution in [0.25, 0.3) is 5.69 Å². The summed E-state index contributed by atoms with van der Waals surface area (Å²) in [5.41, 5.74) is 3.72. The van der Waals surface area contributed by atoms with Gasteiger partial charge in [0.25, 0.3) is 0 Å². The van der Waals surface area contributed by atoms with Gasteiger partial charge in [-0.25, -0.2) is 17.7 Å². The van der Waals surface area contributed by atoms with Crippen LogP contribution in [0.3, 0.4) is 0 Å². The van der Waals surface area contributed by atoms with E-state index in [0.29, 0.717) is 10.8 Å². The molecule has 7 nitrogen and oxygen atoms in total. The molecule has 1 amide bonds. The van der Waals surface area contributed by atoms with Gasteiger partial charge in [0.2, 0.25) is 15.9 Å². The largest absolute Gasteiger partial charge is 0.325 e. The molecular weight excluding hydrogens is 420 g/mol. The molecule has 3 aromatic rings. The van der Waals surface area contributed by atoms with Crippen LogP contribution in [0.15, 0.2) is 64.9 Å². The minimum Gasteiger partial charge on any atom is -0.325 e. The van der Waals surface area contributed by atoms with E-state index < -0.39 is 10.0 Å². The van der Waals surface area contributed by atoms with Gasteiger partial charge in [-0.2, -0.15) is 0 Å². The first-order chi connectivity index (χ1) is 14.2. The SMILES string of the molecule is Cc1ccc(C)c(-n2ccnc2SCC(=O)Nc2cccc(S(=O)(=O)N(C)C)c2)c1. The summed E-state index contributed by atoms with van der Waals surface area (Å²) in [6.07, 6.45) is 3.58. The number of aryl methyl sites for hydroxylation is 2. The number of hydrogen-bond donors (Lipinski definition) is 1. The maximum atomic E-state index is 12.4. The number of benzene rings is 2. The topological polar surface area (TPSA) is 84.3 Å². The summed E-state index contributed by atoms with van der Waals surface area (Å²) >= 11 is 1.32. The number of thioether (sulfide) groups is 1. The molecule has 1 aromatic heterocycles. The molecule has 0 aliphatic rings. The molecule has 0 saturated heterocycles. The van der Waals surface area contributed by atoms with Crippen molar-refractivity contribution in [3.8, 4) is 5.69 Å². The van der Waals surface area contributed by atoms with Gasteiger partial charge in [-0.1, -0.05) is 30.0 Å². The molecule has 0 atom stereocenters. The van der Waals surface area contributed by atoms with Crippen molar-refractivity contribution in [1.29, 1.82) is 0 Å². The Morgan fingerprint density at radius 1 is 1.17 bits per heavy atom. The predicted molar refractivity (Wildman–Crippen MR) is 120 cm³/mol. The Labute approximate surface area is 181 Å². The highest BCUT2D eigenvalue weighted by Crippen LogP contribution is 2.24. The number of aromatic nitrogens is 2. The van der Waals surface area contributed by atoms with Gasteiger partial charge in [0.1, 0.15) is 0 Å². The maximum Gasteiger partial charge on any atom is 0.242 e. The molecule has 0 aliphatic carbocycles. The number of carbonyl (C=O) groups excluding carboxylic acids is 1. The van der Waals surface area contributed by atoms with Crippen LogP contribution in [0.5, 0.6) is 0 Å². The zero-order valence-electron chi connectivity index (χ0n) is 17.3. The fourth-order valence-corrected chi connectivity index (χ4v) is 4.55. The lowest BCUT2D eigenvalue weighted by atomic mass is 10.1. The van der Waals surface area contributed by atoms with Gasteiger partial charge in [-0.05, 0) is 49.2 Å². The molecule has 0 saturated carbocycles. The summed E-state index contributed by atoms with van der Waals surface area (Å²) in [4.78, 5) is 16.9. The monoisotopic (exact) mass is 444 g/mol. The lowest BCUT2D eigenvalue weighted by Crippen LogP contribution is -2.22. The lowest BCUT2D eigenvalue weighted by Gasteiger charge is -2.13. The highest BCUT2D eigenvalue weighted by molar-refractivity contribution is 7.99. The molecule has 9 heteroatoms. The molecule has 0 bridgehead atoms. The van der Waals surface area contributed by atoms with E-state index in [1.807, 2.05) is 24.6 Å². The molecule has 2 aromatic carbocycles. The van der Waals surface area contributed by atoms with Gasteiger partial charge in [0, 0.05) is 32.2 Å². The molecule has 30 heavy (non-hydrogen) atoms. The molecule has 0 spiro atoms. The normalized spacial score (nSPS) is 11.6. The predicted octanol–water partition coefficient (Wildman–Crippen LogP) is 3.47. The molecule has 0 radical (unpaired) electrons. The smallest absolute Gasteiger partial charge is 0.242 e. The first-order valence-corrected chi connectivity index (χ1v) is 11.7. The number of hydrogen-bond acceptors (Lipinski definition) is 5. The second-order valence-electron chi connectivity index (χ2n) is 7.02. The maximum absolute atomic E-state index is 12.4. The second-order valence-corrected chi connectivity index (χ2v) is 10.1. The highest BCUT2D eigenvalue weighted by Gasteiger charge is 2.18. The number of anilines is 1. The lowest BCUT2D eigenvalue weighted by molar-refractivity contribution is -0.113. The molecule has 1 heterocycles. The summed E-state index contributed by atoms with van der Waals surface area (Å²) in [6, 6.07) is 12.4. The fourth-order valence-electron chi connectivity index (χ4n) is 2.83.